The fourth-order valence-electron chi connectivity index (χ4n) is 3.31. The van der Waals surface area contributed by atoms with Crippen LogP contribution in [0.25, 0.3) is 0 Å². The van der Waals surface area contributed by atoms with Gasteiger partial charge in [0.1, 0.15) is 0 Å². The largest absolute Gasteiger partial charge is 0.285 e. The van der Waals surface area contributed by atoms with Crippen LogP contribution in [0.4, 0.5) is 0 Å². The standard InChI is InChI=1S/C24H21NO3/c1-17(8-7-11-18-9-3-2-4-10-18)16-22(19-14-15-19)28-25-23(26)20-12-5-6-13-21(20)24(25)27/h2-6,9-10,12-15,17,19,22H,8,16H2,1H3. The van der Waals surface area contributed by atoms with E-state index in [1.807, 2.05) is 42.5 Å². The van der Waals surface area contributed by atoms with E-state index in [1.165, 1.54) is 0 Å². The third-order valence-electron chi connectivity index (χ3n) is 4.93. The normalized spacial score (nSPS) is 17.1. The summed E-state index contributed by atoms with van der Waals surface area (Å²) in [5.41, 5.74) is 1.80. The highest BCUT2D eigenvalue weighted by atomic mass is 16.7. The molecule has 2 aromatic rings. The molecular weight excluding hydrogens is 350 g/mol. The molecule has 0 spiro atoms. The Morgan fingerprint density at radius 2 is 1.57 bits per heavy atom. The minimum absolute atomic E-state index is 0.161. The summed E-state index contributed by atoms with van der Waals surface area (Å²) < 4.78 is 0. The number of hydrogen-bond acceptors (Lipinski definition) is 3. The van der Waals surface area contributed by atoms with Crippen molar-refractivity contribution in [3.05, 3.63) is 83.4 Å². The SMILES string of the molecule is CC(CC#Cc1ccccc1)CC(ON1C(=O)c2ccccc2C1=O)C1C=C1. The lowest BCUT2D eigenvalue weighted by Crippen LogP contribution is -2.36. The average Bonchev–Trinajstić information content (AvgIpc) is 3.53. The van der Waals surface area contributed by atoms with E-state index in [2.05, 4.69) is 18.8 Å². The molecule has 28 heavy (non-hydrogen) atoms. The lowest BCUT2D eigenvalue weighted by atomic mass is 9.97. The lowest BCUT2D eigenvalue weighted by Gasteiger charge is -2.24. The van der Waals surface area contributed by atoms with Crippen molar-refractivity contribution in [2.24, 2.45) is 11.8 Å². The van der Waals surface area contributed by atoms with E-state index in [4.69, 9.17) is 4.84 Å². The van der Waals surface area contributed by atoms with E-state index in [1.54, 1.807) is 24.3 Å². The van der Waals surface area contributed by atoms with Crippen LogP contribution in [0.5, 0.6) is 0 Å². The monoisotopic (exact) mass is 371 g/mol. The van der Waals surface area contributed by atoms with Crippen molar-refractivity contribution in [1.29, 1.82) is 0 Å². The fraction of sp³-hybridized carbons (Fsp3) is 0.250. The highest BCUT2D eigenvalue weighted by Gasteiger charge is 2.40. The van der Waals surface area contributed by atoms with Crippen molar-refractivity contribution in [2.75, 3.05) is 0 Å². The zero-order valence-corrected chi connectivity index (χ0v) is 15.7. The molecule has 2 aromatic carbocycles. The zero-order chi connectivity index (χ0) is 19.5. The van der Waals surface area contributed by atoms with Crippen LogP contribution >= 0.6 is 0 Å². The predicted molar refractivity (Wildman–Crippen MR) is 106 cm³/mol. The van der Waals surface area contributed by atoms with Crippen LogP contribution in [-0.4, -0.2) is 23.0 Å². The van der Waals surface area contributed by atoms with Gasteiger partial charge in [0.15, 0.2) is 0 Å². The average molecular weight is 371 g/mol. The number of fused-ring (bicyclic) bond motifs is 1. The van der Waals surface area contributed by atoms with Gasteiger partial charge in [-0.25, -0.2) is 0 Å². The zero-order valence-electron chi connectivity index (χ0n) is 15.7. The predicted octanol–water partition coefficient (Wildman–Crippen LogP) is 4.24. The van der Waals surface area contributed by atoms with E-state index in [0.29, 0.717) is 17.5 Å². The Morgan fingerprint density at radius 1 is 0.964 bits per heavy atom. The number of carbonyl (C=O) groups is 2. The molecule has 0 saturated heterocycles. The maximum absolute atomic E-state index is 12.5. The number of nitrogens with zero attached hydrogens (tertiary/aromatic N) is 1. The van der Waals surface area contributed by atoms with Gasteiger partial charge in [0.25, 0.3) is 11.8 Å². The number of rotatable bonds is 6. The topological polar surface area (TPSA) is 46.6 Å². The second-order valence-electron chi connectivity index (χ2n) is 7.27. The summed E-state index contributed by atoms with van der Waals surface area (Å²) >= 11 is 0. The Bertz CT molecular complexity index is 943. The Morgan fingerprint density at radius 3 is 2.18 bits per heavy atom. The molecule has 2 amide bonds. The number of hydrogen-bond donors (Lipinski definition) is 0. The highest BCUT2D eigenvalue weighted by Crippen LogP contribution is 2.32. The van der Waals surface area contributed by atoms with Gasteiger partial charge in [-0.3, -0.25) is 14.4 Å². The summed E-state index contributed by atoms with van der Waals surface area (Å²) in [7, 11) is 0. The summed E-state index contributed by atoms with van der Waals surface area (Å²) in [6.45, 7) is 2.11. The van der Waals surface area contributed by atoms with Gasteiger partial charge in [0.2, 0.25) is 0 Å². The number of amides is 2. The van der Waals surface area contributed by atoms with Crippen LogP contribution in [0.1, 0.15) is 46.0 Å². The van der Waals surface area contributed by atoms with E-state index in [0.717, 1.165) is 17.0 Å². The van der Waals surface area contributed by atoms with Gasteiger partial charge in [0, 0.05) is 17.9 Å². The van der Waals surface area contributed by atoms with E-state index in [-0.39, 0.29) is 29.8 Å². The molecule has 2 aliphatic rings. The number of carbonyl (C=O) groups excluding carboxylic acids is 2. The van der Waals surface area contributed by atoms with Crippen molar-refractivity contribution in [2.45, 2.75) is 25.9 Å². The van der Waals surface area contributed by atoms with Crippen LogP contribution in [-0.2, 0) is 4.84 Å². The molecule has 4 heteroatoms. The second kappa shape index (κ2) is 7.84. The van der Waals surface area contributed by atoms with Gasteiger partial charge in [-0.05, 0) is 36.6 Å². The smallest absolute Gasteiger partial charge is 0.266 e. The molecule has 0 radical (unpaired) electrons. The first kappa shape index (κ1) is 18.2. The van der Waals surface area contributed by atoms with Gasteiger partial charge in [0.05, 0.1) is 17.2 Å². The third kappa shape index (κ3) is 3.90. The number of benzene rings is 2. The Labute approximate surface area is 164 Å². The molecule has 2 atom stereocenters. The van der Waals surface area contributed by atoms with E-state index >= 15 is 0 Å². The van der Waals surface area contributed by atoms with Crippen LogP contribution < -0.4 is 0 Å². The summed E-state index contributed by atoms with van der Waals surface area (Å²) in [5.74, 6) is 6.05. The number of hydroxylamine groups is 2. The van der Waals surface area contributed by atoms with Crippen molar-refractivity contribution >= 4 is 11.8 Å². The van der Waals surface area contributed by atoms with Crippen LogP contribution in [0.2, 0.25) is 0 Å². The minimum atomic E-state index is -0.386. The van der Waals surface area contributed by atoms with Gasteiger partial charge in [-0.1, -0.05) is 61.2 Å². The first-order valence-corrected chi connectivity index (χ1v) is 9.50. The molecule has 1 aliphatic heterocycles. The maximum Gasteiger partial charge on any atom is 0.285 e. The molecule has 140 valence electrons. The molecule has 0 saturated carbocycles. The second-order valence-corrected chi connectivity index (χ2v) is 7.27. The van der Waals surface area contributed by atoms with E-state index < -0.39 is 0 Å². The quantitative estimate of drug-likeness (QED) is 0.434. The Balaban J connectivity index is 1.38. The van der Waals surface area contributed by atoms with Crippen LogP contribution in [0.15, 0.2) is 66.7 Å². The molecule has 0 aromatic heterocycles. The molecule has 1 aliphatic carbocycles. The molecule has 4 rings (SSSR count). The molecule has 1 heterocycles. The minimum Gasteiger partial charge on any atom is -0.266 e. The van der Waals surface area contributed by atoms with Gasteiger partial charge < -0.3 is 0 Å². The highest BCUT2D eigenvalue weighted by molar-refractivity contribution is 6.20. The third-order valence-corrected chi connectivity index (χ3v) is 4.93. The van der Waals surface area contributed by atoms with Crippen LogP contribution in [0, 0.1) is 23.7 Å². The first-order valence-electron chi connectivity index (χ1n) is 9.50. The molecule has 2 unspecified atom stereocenters. The lowest BCUT2D eigenvalue weighted by molar-refractivity contribution is -0.141. The first-order chi connectivity index (χ1) is 13.6. The summed E-state index contributed by atoms with van der Waals surface area (Å²) in [5, 5.41) is 0.928. The van der Waals surface area contributed by atoms with Crippen molar-refractivity contribution < 1.29 is 14.4 Å². The Kier molecular flexibility index (Phi) is 5.10. The van der Waals surface area contributed by atoms with Gasteiger partial charge in [-0.15, -0.1) is 5.06 Å². The van der Waals surface area contributed by atoms with Gasteiger partial charge in [-0.2, -0.15) is 0 Å². The van der Waals surface area contributed by atoms with Crippen molar-refractivity contribution in [3.8, 4) is 11.8 Å². The Hall–Kier alpha value is -3.16. The molecule has 0 N–H and O–H groups in total. The summed E-state index contributed by atoms with van der Waals surface area (Å²) in [6, 6.07) is 16.7. The van der Waals surface area contributed by atoms with Crippen molar-refractivity contribution in [3.63, 3.8) is 0 Å². The van der Waals surface area contributed by atoms with Crippen molar-refractivity contribution in [1.82, 2.24) is 5.06 Å². The maximum atomic E-state index is 12.5. The van der Waals surface area contributed by atoms with Crippen LogP contribution in [0.3, 0.4) is 0 Å². The fourth-order valence-corrected chi connectivity index (χ4v) is 3.31. The van der Waals surface area contributed by atoms with Gasteiger partial charge >= 0.3 is 0 Å². The summed E-state index contributed by atoms with van der Waals surface area (Å²) in [4.78, 5) is 31.0. The molecular formula is C24H21NO3. The molecule has 0 bridgehead atoms. The van der Waals surface area contributed by atoms with E-state index in [9.17, 15) is 9.59 Å². The molecule has 4 nitrogen and oxygen atoms in total. The number of imide groups is 1. The molecule has 0 fully saturated rings. The summed E-state index contributed by atoms with van der Waals surface area (Å²) in [6.07, 6.45) is 5.27.